The van der Waals surface area contributed by atoms with Crippen molar-refractivity contribution in [3.8, 4) is 0 Å². The van der Waals surface area contributed by atoms with Crippen molar-refractivity contribution in [2.45, 2.75) is 44.9 Å². The van der Waals surface area contributed by atoms with Gasteiger partial charge >= 0.3 is 0 Å². The van der Waals surface area contributed by atoms with Crippen molar-refractivity contribution >= 4 is 21.6 Å². The Kier molecular flexibility index (Phi) is 4.04. The zero-order valence-electron chi connectivity index (χ0n) is 15.7. The third kappa shape index (κ3) is 3.16. The van der Waals surface area contributed by atoms with E-state index in [0.717, 1.165) is 24.3 Å². The molecule has 27 heavy (non-hydrogen) atoms. The number of hydrogen-bond acceptors (Lipinski definition) is 3. The molecular weight excluding hydrogens is 360 g/mol. The van der Waals surface area contributed by atoms with E-state index < -0.39 is 10.0 Å². The molecule has 6 rings (SSSR count). The molecule has 0 atom stereocenters. The second-order valence-electron chi connectivity index (χ2n) is 9.39. The van der Waals surface area contributed by atoms with Gasteiger partial charge in [0.15, 0.2) is 0 Å². The van der Waals surface area contributed by atoms with Crippen LogP contribution in [0.15, 0.2) is 24.3 Å². The summed E-state index contributed by atoms with van der Waals surface area (Å²) >= 11 is 0. The molecule has 0 radical (unpaired) electrons. The van der Waals surface area contributed by atoms with Gasteiger partial charge in [0.1, 0.15) is 0 Å². The minimum atomic E-state index is -3.22. The van der Waals surface area contributed by atoms with Gasteiger partial charge < -0.3 is 5.32 Å². The van der Waals surface area contributed by atoms with Crippen LogP contribution in [0.4, 0.5) is 5.69 Å². The molecular formula is C21H28N2O3S. The molecule has 4 aliphatic carbocycles. The molecule has 6 heteroatoms. The fourth-order valence-electron chi connectivity index (χ4n) is 6.61. The molecule has 4 saturated carbocycles. The Morgan fingerprint density at radius 2 is 1.78 bits per heavy atom. The minimum absolute atomic E-state index is 0.0795. The summed E-state index contributed by atoms with van der Waals surface area (Å²) in [6.45, 7) is 1.27. The van der Waals surface area contributed by atoms with E-state index in [9.17, 15) is 13.2 Å². The number of hydrogen-bond donors (Lipinski definition) is 1. The summed E-state index contributed by atoms with van der Waals surface area (Å²) in [7, 11) is -3.22. The average molecular weight is 389 g/mol. The molecule has 5 nitrogen and oxygen atoms in total. The Morgan fingerprint density at radius 3 is 2.37 bits per heavy atom. The molecule has 0 aromatic heterocycles. The third-order valence-corrected chi connectivity index (χ3v) is 9.15. The van der Waals surface area contributed by atoms with Gasteiger partial charge in [0.2, 0.25) is 10.0 Å². The monoisotopic (exact) mass is 388 g/mol. The largest absolute Gasteiger partial charge is 0.351 e. The number of anilines is 1. The van der Waals surface area contributed by atoms with Crippen LogP contribution >= 0.6 is 0 Å². The quantitative estimate of drug-likeness (QED) is 0.861. The minimum Gasteiger partial charge on any atom is -0.351 e. The summed E-state index contributed by atoms with van der Waals surface area (Å²) in [5.74, 6) is 2.73. The summed E-state index contributed by atoms with van der Waals surface area (Å²) in [6, 6.07) is 7.06. The topological polar surface area (TPSA) is 66.5 Å². The first kappa shape index (κ1) is 17.5. The lowest BCUT2D eigenvalue weighted by Crippen LogP contribution is -2.51. The maximum Gasteiger partial charge on any atom is 0.251 e. The maximum atomic E-state index is 12.8. The number of nitrogens with zero attached hydrogens (tertiary/aromatic N) is 1. The van der Waals surface area contributed by atoms with Gasteiger partial charge in [-0.15, -0.1) is 0 Å². The number of sulfonamides is 1. The van der Waals surface area contributed by atoms with Crippen LogP contribution in [0.2, 0.25) is 0 Å². The molecule has 4 bridgehead atoms. The Hall–Kier alpha value is -1.56. The molecule has 5 fully saturated rings. The van der Waals surface area contributed by atoms with Crippen LogP contribution in [0.1, 0.15) is 55.3 Å². The molecule has 1 heterocycles. The normalized spacial score (nSPS) is 36.1. The fraction of sp³-hybridized carbons (Fsp3) is 0.667. The lowest BCUT2D eigenvalue weighted by Gasteiger charge is -2.56. The Morgan fingerprint density at radius 1 is 1.11 bits per heavy atom. The first-order valence-corrected chi connectivity index (χ1v) is 11.9. The van der Waals surface area contributed by atoms with E-state index in [1.54, 1.807) is 24.3 Å². The second kappa shape index (κ2) is 6.23. The second-order valence-corrected chi connectivity index (χ2v) is 11.4. The van der Waals surface area contributed by atoms with Gasteiger partial charge in [-0.2, -0.15) is 0 Å². The molecule has 1 aliphatic heterocycles. The van der Waals surface area contributed by atoms with Crippen LogP contribution in [0, 0.1) is 23.2 Å². The van der Waals surface area contributed by atoms with Crippen LogP contribution in [-0.2, 0) is 10.0 Å². The average Bonchev–Trinajstić information content (AvgIpc) is 2.98. The first-order valence-electron chi connectivity index (χ1n) is 10.3. The molecule has 1 aromatic carbocycles. The Labute approximate surface area is 161 Å². The van der Waals surface area contributed by atoms with E-state index in [2.05, 4.69) is 5.32 Å². The van der Waals surface area contributed by atoms with Crippen LogP contribution < -0.4 is 9.62 Å². The van der Waals surface area contributed by atoms with Crippen molar-refractivity contribution < 1.29 is 13.2 Å². The highest BCUT2D eigenvalue weighted by Gasteiger charge is 2.50. The zero-order chi connectivity index (χ0) is 18.6. The molecule has 1 N–H and O–H groups in total. The summed E-state index contributed by atoms with van der Waals surface area (Å²) in [5, 5.41) is 3.19. The Bertz CT molecular complexity index is 829. The highest BCUT2D eigenvalue weighted by atomic mass is 32.2. The van der Waals surface area contributed by atoms with Gasteiger partial charge in [-0.1, -0.05) is 6.07 Å². The van der Waals surface area contributed by atoms with Crippen LogP contribution in [0.5, 0.6) is 0 Å². The molecule has 5 aliphatic rings. The van der Waals surface area contributed by atoms with Crippen molar-refractivity contribution in [3.05, 3.63) is 29.8 Å². The van der Waals surface area contributed by atoms with E-state index in [-0.39, 0.29) is 11.7 Å². The number of rotatable bonds is 4. The molecule has 1 amide bonds. The van der Waals surface area contributed by atoms with E-state index in [4.69, 9.17) is 0 Å². The van der Waals surface area contributed by atoms with Crippen LogP contribution in [0.25, 0.3) is 0 Å². The molecule has 0 spiro atoms. The van der Waals surface area contributed by atoms with Gasteiger partial charge in [0, 0.05) is 18.7 Å². The molecule has 1 aromatic rings. The number of amides is 1. The van der Waals surface area contributed by atoms with Gasteiger partial charge in [-0.05, 0) is 86.3 Å². The summed E-state index contributed by atoms with van der Waals surface area (Å²) in [4.78, 5) is 12.8. The van der Waals surface area contributed by atoms with E-state index in [0.29, 0.717) is 29.6 Å². The van der Waals surface area contributed by atoms with E-state index in [1.807, 2.05) is 0 Å². The van der Waals surface area contributed by atoms with Crippen molar-refractivity contribution in [1.29, 1.82) is 0 Å². The maximum absolute atomic E-state index is 12.8. The standard InChI is InChI=1S/C21H28N2O3S/c24-20(18-3-1-4-19(10-18)23-5-2-6-27(23,25)26)22-14-21-11-15-7-16(12-21)9-17(8-15)13-21/h1,3-4,10,15-17H,2,5-9,11-14H2,(H,22,24). The van der Waals surface area contributed by atoms with Gasteiger partial charge in [0.25, 0.3) is 5.91 Å². The summed E-state index contributed by atoms with van der Waals surface area (Å²) in [6.07, 6.45) is 8.66. The molecule has 1 saturated heterocycles. The van der Waals surface area contributed by atoms with E-state index in [1.165, 1.54) is 42.8 Å². The van der Waals surface area contributed by atoms with Crippen LogP contribution in [-0.4, -0.2) is 33.2 Å². The highest BCUT2D eigenvalue weighted by molar-refractivity contribution is 7.93. The smallest absolute Gasteiger partial charge is 0.251 e. The number of benzene rings is 1. The number of carbonyl (C=O) groups is 1. The predicted molar refractivity (Wildman–Crippen MR) is 105 cm³/mol. The number of carbonyl (C=O) groups excluding carboxylic acids is 1. The van der Waals surface area contributed by atoms with Crippen molar-refractivity contribution in [1.82, 2.24) is 5.32 Å². The summed E-state index contributed by atoms with van der Waals surface area (Å²) in [5.41, 5.74) is 1.47. The molecule has 146 valence electrons. The lowest BCUT2D eigenvalue weighted by molar-refractivity contribution is -0.0503. The first-order chi connectivity index (χ1) is 12.9. The number of nitrogens with one attached hydrogen (secondary N) is 1. The Balaban J connectivity index is 1.29. The van der Waals surface area contributed by atoms with E-state index >= 15 is 0 Å². The predicted octanol–water partition coefficient (Wildman–Crippen LogP) is 3.17. The van der Waals surface area contributed by atoms with Gasteiger partial charge in [-0.3, -0.25) is 9.10 Å². The SMILES string of the molecule is O=C(NCC12CC3CC(CC(C3)C1)C2)c1cccc(N2CCCS2(=O)=O)c1. The van der Waals surface area contributed by atoms with Crippen molar-refractivity contribution in [2.24, 2.45) is 23.2 Å². The van der Waals surface area contributed by atoms with Gasteiger partial charge in [-0.25, -0.2) is 8.42 Å². The summed E-state index contributed by atoms with van der Waals surface area (Å²) < 4.78 is 25.7. The van der Waals surface area contributed by atoms with Gasteiger partial charge in [0.05, 0.1) is 11.4 Å². The third-order valence-electron chi connectivity index (χ3n) is 7.28. The van der Waals surface area contributed by atoms with Crippen molar-refractivity contribution in [2.75, 3.05) is 23.1 Å². The van der Waals surface area contributed by atoms with Crippen LogP contribution in [0.3, 0.4) is 0 Å². The van der Waals surface area contributed by atoms with Crippen molar-refractivity contribution in [3.63, 3.8) is 0 Å². The fourth-order valence-corrected chi connectivity index (χ4v) is 8.16. The lowest BCUT2D eigenvalue weighted by atomic mass is 9.49. The zero-order valence-corrected chi connectivity index (χ0v) is 16.5. The highest BCUT2D eigenvalue weighted by Crippen LogP contribution is 2.59. The molecule has 0 unspecified atom stereocenters.